The highest BCUT2D eigenvalue weighted by atomic mass is 32.1. The van der Waals surface area contributed by atoms with Crippen molar-refractivity contribution in [3.63, 3.8) is 0 Å². The molecule has 1 aliphatic heterocycles. The summed E-state index contributed by atoms with van der Waals surface area (Å²) < 4.78 is 0. The lowest BCUT2D eigenvalue weighted by Crippen LogP contribution is -2.45. The van der Waals surface area contributed by atoms with Crippen LogP contribution in [0.1, 0.15) is 5.56 Å². The number of aromatic nitrogens is 2. The van der Waals surface area contributed by atoms with Gasteiger partial charge in [-0.3, -0.25) is 0 Å². The summed E-state index contributed by atoms with van der Waals surface area (Å²) in [7, 11) is 2.14. The molecule has 0 aliphatic carbocycles. The van der Waals surface area contributed by atoms with Crippen molar-refractivity contribution in [3.8, 4) is 0 Å². The molecule has 1 saturated heterocycles. The van der Waals surface area contributed by atoms with Crippen molar-refractivity contribution in [1.82, 2.24) is 14.9 Å². The zero-order valence-electron chi connectivity index (χ0n) is 10.7. The van der Waals surface area contributed by atoms with Crippen molar-refractivity contribution in [2.45, 2.75) is 6.92 Å². The molecule has 0 aromatic carbocycles. The molecule has 0 atom stereocenters. The number of thiophene rings is 1. The van der Waals surface area contributed by atoms with E-state index in [4.69, 9.17) is 5.73 Å². The normalized spacial score (nSPS) is 17.6. The lowest BCUT2D eigenvalue weighted by atomic mass is 10.2. The van der Waals surface area contributed by atoms with Gasteiger partial charge in [-0.25, -0.2) is 4.98 Å². The van der Waals surface area contributed by atoms with Crippen LogP contribution in [-0.4, -0.2) is 48.1 Å². The van der Waals surface area contributed by atoms with Crippen LogP contribution in [-0.2, 0) is 0 Å². The number of nitrogen functional groups attached to an aromatic ring is 1. The molecular formula is C12H17N5S. The first-order valence-corrected chi connectivity index (χ1v) is 6.98. The Bertz CT molecular complexity index is 571. The average Bonchev–Trinajstić information content (AvgIpc) is 2.72. The van der Waals surface area contributed by atoms with E-state index < -0.39 is 0 Å². The Morgan fingerprint density at radius 3 is 2.67 bits per heavy atom. The van der Waals surface area contributed by atoms with Gasteiger partial charge in [0.1, 0.15) is 10.6 Å². The third-order valence-corrected chi connectivity index (χ3v) is 4.41. The van der Waals surface area contributed by atoms with Crippen molar-refractivity contribution >= 4 is 33.3 Å². The molecule has 2 N–H and O–H groups in total. The molecule has 6 heteroatoms. The summed E-state index contributed by atoms with van der Waals surface area (Å²) in [5.74, 6) is 1.38. The highest BCUT2D eigenvalue weighted by Gasteiger charge is 2.18. The van der Waals surface area contributed by atoms with Crippen molar-refractivity contribution in [1.29, 1.82) is 0 Å². The van der Waals surface area contributed by atoms with Crippen LogP contribution in [0.3, 0.4) is 0 Å². The van der Waals surface area contributed by atoms with Gasteiger partial charge in [-0.15, -0.1) is 11.3 Å². The second-order valence-electron chi connectivity index (χ2n) is 4.80. The molecule has 0 amide bonds. The predicted molar refractivity (Wildman–Crippen MR) is 76.3 cm³/mol. The summed E-state index contributed by atoms with van der Waals surface area (Å²) in [5.41, 5.74) is 7.22. The first-order chi connectivity index (χ1) is 8.65. The van der Waals surface area contributed by atoms with Gasteiger partial charge in [-0.2, -0.15) is 4.98 Å². The molecule has 2 aromatic rings. The molecule has 3 heterocycles. The molecule has 1 aliphatic rings. The Morgan fingerprint density at radius 2 is 1.94 bits per heavy atom. The second kappa shape index (κ2) is 4.37. The lowest BCUT2D eigenvalue weighted by molar-refractivity contribution is 0.311. The topological polar surface area (TPSA) is 58.3 Å². The van der Waals surface area contributed by atoms with E-state index in [9.17, 15) is 0 Å². The van der Waals surface area contributed by atoms with E-state index in [1.54, 1.807) is 11.3 Å². The summed E-state index contributed by atoms with van der Waals surface area (Å²) in [4.78, 5) is 14.6. The largest absolute Gasteiger partial charge is 0.383 e. The Balaban J connectivity index is 1.98. The molecule has 1 fully saturated rings. The van der Waals surface area contributed by atoms with Gasteiger partial charge in [0.15, 0.2) is 0 Å². The number of rotatable bonds is 1. The third-order valence-electron chi connectivity index (χ3n) is 3.42. The fourth-order valence-electron chi connectivity index (χ4n) is 2.25. The highest BCUT2D eigenvalue weighted by molar-refractivity contribution is 7.17. The number of aryl methyl sites for hydroxylation is 1. The number of likely N-dealkylation sites (N-methyl/N-ethyl adjacent to an activating group) is 1. The SMILES string of the molecule is Cc1csc2nc(N3CCN(C)CC3)nc(N)c12. The first-order valence-electron chi connectivity index (χ1n) is 6.10. The van der Waals surface area contributed by atoms with Crippen LogP contribution in [0.25, 0.3) is 10.2 Å². The number of anilines is 2. The second-order valence-corrected chi connectivity index (χ2v) is 5.66. The van der Waals surface area contributed by atoms with Gasteiger partial charge in [-0.05, 0) is 24.9 Å². The number of piperazine rings is 1. The van der Waals surface area contributed by atoms with Gasteiger partial charge in [-0.1, -0.05) is 0 Å². The zero-order chi connectivity index (χ0) is 12.7. The molecule has 18 heavy (non-hydrogen) atoms. The van der Waals surface area contributed by atoms with Gasteiger partial charge in [0.2, 0.25) is 5.95 Å². The number of fused-ring (bicyclic) bond motifs is 1. The van der Waals surface area contributed by atoms with Gasteiger partial charge in [0, 0.05) is 26.2 Å². The van der Waals surface area contributed by atoms with Crippen LogP contribution in [0.4, 0.5) is 11.8 Å². The van der Waals surface area contributed by atoms with E-state index in [1.807, 2.05) is 6.92 Å². The van der Waals surface area contributed by atoms with Crippen molar-refractivity contribution in [2.75, 3.05) is 43.9 Å². The minimum atomic E-state index is 0.604. The predicted octanol–water partition coefficient (Wildman–Crippen LogP) is 1.33. The first kappa shape index (κ1) is 11.7. The van der Waals surface area contributed by atoms with Crippen molar-refractivity contribution < 1.29 is 0 Å². The highest BCUT2D eigenvalue weighted by Crippen LogP contribution is 2.29. The van der Waals surface area contributed by atoms with E-state index >= 15 is 0 Å². The van der Waals surface area contributed by atoms with E-state index in [1.165, 1.54) is 0 Å². The van der Waals surface area contributed by atoms with Gasteiger partial charge in [0.05, 0.1) is 5.39 Å². The molecule has 0 bridgehead atoms. The van der Waals surface area contributed by atoms with E-state index in [-0.39, 0.29) is 0 Å². The van der Waals surface area contributed by atoms with E-state index in [0.717, 1.165) is 47.9 Å². The molecule has 96 valence electrons. The van der Waals surface area contributed by atoms with Crippen LogP contribution < -0.4 is 10.6 Å². The molecule has 0 saturated carbocycles. The number of hydrogen-bond acceptors (Lipinski definition) is 6. The monoisotopic (exact) mass is 263 g/mol. The minimum absolute atomic E-state index is 0.604. The summed E-state index contributed by atoms with van der Waals surface area (Å²) in [6.45, 7) is 6.07. The molecule has 5 nitrogen and oxygen atoms in total. The molecule has 0 unspecified atom stereocenters. The number of nitrogens with zero attached hydrogens (tertiary/aromatic N) is 4. The minimum Gasteiger partial charge on any atom is -0.383 e. The standard InChI is InChI=1S/C12H17N5S/c1-8-7-18-11-9(8)10(13)14-12(15-11)17-5-3-16(2)4-6-17/h7H,3-6H2,1-2H3,(H2,13,14,15). The quantitative estimate of drug-likeness (QED) is 0.841. The summed E-state index contributed by atoms with van der Waals surface area (Å²) in [6, 6.07) is 0. The van der Waals surface area contributed by atoms with Crippen molar-refractivity contribution in [3.05, 3.63) is 10.9 Å². The molecule has 0 spiro atoms. The number of nitrogens with two attached hydrogens (primary N) is 1. The Labute approximate surface area is 110 Å². The zero-order valence-corrected chi connectivity index (χ0v) is 11.5. The molecule has 0 radical (unpaired) electrons. The number of hydrogen-bond donors (Lipinski definition) is 1. The maximum absolute atomic E-state index is 6.05. The summed E-state index contributed by atoms with van der Waals surface area (Å²) in [5, 5.41) is 3.10. The van der Waals surface area contributed by atoms with Gasteiger partial charge >= 0.3 is 0 Å². The van der Waals surface area contributed by atoms with Crippen LogP contribution in [0.5, 0.6) is 0 Å². The summed E-state index contributed by atoms with van der Waals surface area (Å²) >= 11 is 1.64. The van der Waals surface area contributed by atoms with Crippen LogP contribution in [0.2, 0.25) is 0 Å². The summed E-state index contributed by atoms with van der Waals surface area (Å²) in [6.07, 6.45) is 0. The molecular weight excluding hydrogens is 246 g/mol. The third kappa shape index (κ3) is 1.91. The average molecular weight is 263 g/mol. The van der Waals surface area contributed by atoms with E-state index in [2.05, 4.69) is 32.2 Å². The van der Waals surface area contributed by atoms with Crippen LogP contribution >= 0.6 is 11.3 Å². The van der Waals surface area contributed by atoms with Crippen LogP contribution in [0, 0.1) is 6.92 Å². The lowest BCUT2D eigenvalue weighted by Gasteiger charge is -2.32. The molecule has 2 aromatic heterocycles. The maximum atomic E-state index is 6.05. The van der Waals surface area contributed by atoms with Gasteiger partial charge in [0.25, 0.3) is 0 Å². The maximum Gasteiger partial charge on any atom is 0.228 e. The molecule has 3 rings (SSSR count). The van der Waals surface area contributed by atoms with E-state index in [0.29, 0.717) is 5.82 Å². The Kier molecular flexibility index (Phi) is 2.83. The fourth-order valence-corrected chi connectivity index (χ4v) is 3.18. The smallest absolute Gasteiger partial charge is 0.228 e. The Hall–Kier alpha value is -1.40. The van der Waals surface area contributed by atoms with Gasteiger partial charge < -0.3 is 15.5 Å². The van der Waals surface area contributed by atoms with Crippen molar-refractivity contribution in [2.24, 2.45) is 0 Å². The Morgan fingerprint density at radius 1 is 1.22 bits per heavy atom. The van der Waals surface area contributed by atoms with Crippen LogP contribution in [0.15, 0.2) is 5.38 Å². The fraction of sp³-hybridized carbons (Fsp3) is 0.500.